The van der Waals surface area contributed by atoms with Crippen LogP contribution < -0.4 is 11.1 Å². The second-order valence-electron chi connectivity index (χ2n) is 5.80. The van der Waals surface area contributed by atoms with Crippen molar-refractivity contribution in [2.75, 3.05) is 5.32 Å². The number of benzene rings is 1. The molecule has 1 spiro atoms. The van der Waals surface area contributed by atoms with Crippen molar-refractivity contribution in [2.45, 2.75) is 31.3 Å². The molecule has 0 saturated carbocycles. The van der Waals surface area contributed by atoms with Crippen molar-refractivity contribution >= 4 is 11.6 Å². The third kappa shape index (κ3) is 1.44. The zero-order valence-electron chi connectivity index (χ0n) is 12.0. The lowest BCUT2D eigenvalue weighted by molar-refractivity contribution is -0.133. The molecule has 1 aromatic rings. The van der Waals surface area contributed by atoms with Gasteiger partial charge in [-0.1, -0.05) is 18.2 Å². The highest BCUT2D eigenvalue weighted by Crippen LogP contribution is 2.52. The number of fused-ring (bicyclic) bond motifs is 3. The van der Waals surface area contributed by atoms with Crippen LogP contribution >= 0.6 is 0 Å². The first kappa shape index (κ1) is 13.0. The van der Waals surface area contributed by atoms with Gasteiger partial charge in [0.1, 0.15) is 11.6 Å². The van der Waals surface area contributed by atoms with Crippen LogP contribution in [-0.2, 0) is 15.1 Å². The highest BCUT2D eigenvalue weighted by atomic mass is 16.5. The van der Waals surface area contributed by atoms with Crippen LogP contribution in [0.1, 0.15) is 31.2 Å². The maximum atomic E-state index is 12.8. The van der Waals surface area contributed by atoms with Crippen molar-refractivity contribution in [3.63, 3.8) is 0 Å². The molecule has 0 aromatic heterocycles. The fourth-order valence-electron chi connectivity index (χ4n) is 3.75. The highest BCUT2D eigenvalue weighted by molar-refractivity contribution is 6.08. The molecule has 22 heavy (non-hydrogen) atoms. The molecule has 1 aromatic carbocycles. The summed E-state index contributed by atoms with van der Waals surface area (Å²) in [4.78, 5) is 12.8. The number of amides is 1. The van der Waals surface area contributed by atoms with Gasteiger partial charge in [-0.25, -0.2) is 0 Å². The van der Waals surface area contributed by atoms with Crippen molar-refractivity contribution < 1.29 is 9.53 Å². The second-order valence-corrected chi connectivity index (χ2v) is 5.80. The average Bonchev–Trinajstić information content (AvgIpc) is 2.81. The number of nitrogens with two attached hydrogens (primary N) is 1. The maximum Gasteiger partial charge on any atom is 0.277 e. The number of carbonyl (C=O) groups is 1. The van der Waals surface area contributed by atoms with E-state index < -0.39 is 5.60 Å². The Bertz CT molecular complexity index is 800. The van der Waals surface area contributed by atoms with E-state index in [1.54, 1.807) is 0 Å². The van der Waals surface area contributed by atoms with Crippen molar-refractivity contribution in [1.82, 2.24) is 0 Å². The third-order valence-electron chi connectivity index (χ3n) is 4.69. The number of ether oxygens (including phenoxy) is 1. The summed E-state index contributed by atoms with van der Waals surface area (Å²) in [7, 11) is 0. The van der Waals surface area contributed by atoms with Gasteiger partial charge in [-0.05, 0) is 42.9 Å². The van der Waals surface area contributed by atoms with Crippen LogP contribution in [0.5, 0.6) is 0 Å². The molecule has 1 aliphatic carbocycles. The lowest BCUT2D eigenvalue weighted by Gasteiger charge is -2.38. The molecule has 110 valence electrons. The lowest BCUT2D eigenvalue weighted by Crippen LogP contribution is -2.44. The Morgan fingerprint density at radius 1 is 1.27 bits per heavy atom. The Morgan fingerprint density at radius 2 is 2.05 bits per heavy atom. The summed E-state index contributed by atoms with van der Waals surface area (Å²) in [5.41, 5.74) is 8.50. The highest BCUT2D eigenvalue weighted by Gasteiger charge is 2.55. The summed E-state index contributed by atoms with van der Waals surface area (Å²) < 4.78 is 5.91. The molecular weight excluding hydrogens is 278 g/mol. The zero-order chi connectivity index (χ0) is 15.3. The molecule has 4 rings (SSSR count). The van der Waals surface area contributed by atoms with Gasteiger partial charge in [0.2, 0.25) is 11.5 Å². The van der Waals surface area contributed by atoms with Gasteiger partial charge in [0.25, 0.3) is 5.91 Å². The van der Waals surface area contributed by atoms with Crippen LogP contribution in [0.15, 0.2) is 46.9 Å². The number of nitrogens with one attached hydrogen (secondary N) is 1. The van der Waals surface area contributed by atoms with E-state index in [0.29, 0.717) is 5.57 Å². The predicted molar refractivity (Wildman–Crippen MR) is 80.2 cm³/mol. The van der Waals surface area contributed by atoms with Crippen LogP contribution in [0.4, 0.5) is 5.69 Å². The molecule has 2 aliphatic heterocycles. The maximum absolute atomic E-state index is 12.8. The van der Waals surface area contributed by atoms with E-state index >= 15 is 0 Å². The predicted octanol–water partition coefficient (Wildman–Crippen LogP) is 2.43. The van der Waals surface area contributed by atoms with Gasteiger partial charge in [-0.15, -0.1) is 0 Å². The van der Waals surface area contributed by atoms with Gasteiger partial charge in [-0.3, -0.25) is 4.79 Å². The normalized spacial score (nSPS) is 26.2. The van der Waals surface area contributed by atoms with Crippen molar-refractivity contribution in [3.8, 4) is 6.07 Å². The average molecular weight is 293 g/mol. The number of rotatable bonds is 0. The Kier molecular flexibility index (Phi) is 2.58. The lowest BCUT2D eigenvalue weighted by atomic mass is 9.74. The first-order valence-corrected chi connectivity index (χ1v) is 7.41. The van der Waals surface area contributed by atoms with E-state index in [4.69, 9.17) is 10.5 Å². The number of allylic oxidation sites excluding steroid dienone is 2. The van der Waals surface area contributed by atoms with Gasteiger partial charge < -0.3 is 15.8 Å². The number of para-hydroxylation sites is 1. The second kappa shape index (κ2) is 4.38. The fraction of sp³-hybridized carbons (Fsp3) is 0.294. The molecule has 1 amide bonds. The summed E-state index contributed by atoms with van der Waals surface area (Å²) in [5, 5.41) is 12.3. The summed E-state index contributed by atoms with van der Waals surface area (Å²) in [6, 6.07) is 9.63. The van der Waals surface area contributed by atoms with Crippen molar-refractivity contribution in [1.29, 1.82) is 5.26 Å². The Balaban J connectivity index is 2.01. The van der Waals surface area contributed by atoms with Crippen molar-refractivity contribution in [3.05, 3.63) is 52.4 Å². The van der Waals surface area contributed by atoms with Crippen LogP contribution in [0, 0.1) is 11.3 Å². The van der Waals surface area contributed by atoms with Gasteiger partial charge in [0.15, 0.2) is 0 Å². The number of nitriles is 1. The molecule has 0 radical (unpaired) electrons. The first-order valence-electron chi connectivity index (χ1n) is 7.41. The van der Waals surface area contributed by atoms with Gasteiger partial charge >= 0.3 is 0 Å². The molecule has 0 fully saturated rings. The molecule has 0 saturated heterocycles. The minimum absolute atomic E-state index is 0.0509. The summed E-state index contributed by atoms with van der Waals surface area (Å²) in [5.74, 6) is -0.168. The molecule has 5 heteroatoms. The fourth-order valence-corrected chi connectivity index (χ4v) is 3.75. The van der Waals surface area contributed by atoms with Crippen LogP contribution in [0.2, 0.25) is 0 Å². The van der Waals surface area contributed by atoms with Crippen LogP contribution in [-0.4, -0.2) is 5.91 Å². The summed E-state index contributed by atoms with van der Waals surface area (Å²) in [6.07, 6.45) is 3.49. The monoisotopic (exact) mass is 293 g/mol. The molecule has 3 aliphatic rings. The van der Waals surface area contributed by atoms with Crippen molar-refractivity contribution in [2.24, 2.45) is 5.73 Å². The Labute approximate surface area is 128 Å². The first-order chi connectivity index (χ1) is 10.7. The molecule has 5 nitrogen and oxygen atoms in total. The largest absolute Gasteiger partial charge is 0.452 e. The Hall–Kier alpha value is -2.74. The van der Waals surface area contributed by atoms with Crippen LogP contribution in [0.3, 0.4) is 0 Å². The number of nitrogens with zero attached hydrogens (tertiary/aromatic N) is 1. The van der Waals surface area contributed by atoms with E-state index in [-0.39, 0.29) is 11.8 Å². The van der Waals surface area contributed by atoms with E-state index in [1.165, 1.54) is 0 Å². The smallest absolute Gasteiger partial charge is 0.277 e. The number of hydrogen-bond acceptors (Lipinski definition) is 4. The van der Waals surface area contributed by atoms with Gasteiger partial charge in [0.05, 0.1) is 0 Å². The molecular formula is C17H15N3O2. The van der Waals surface area contributed by atoms with E-state index in [9.17, 15) is 10.1 Å². The standard InChI is InChI=1S/C17H15N3O2/c18-9-11-10-5-1-2-6-12(10)17(22-15(11)19)13-7-3-4-8-14(13)20-16(17)21/h3-4,7-8H,1-2,5-6,19H2,(H,20,21)/t17-/m1/s1. The quantitative estimate of drug-likeness (QED) is 0.769. The number of hydrogen-bond donors (Lipinski definition) is 2. The summed E-state index contributed by atoms with van der Waals surface area (Å²) in [6.45, 7) is 0. The number of anilines is 1. The Morgan fingerprint density at radius 3 is 2.86 bits per heavy atom. The van der Waals surface area contributed by atoms with E-state index in [2.05, 4.69) is 11.4 Å². The minimum atomic E-state index is -1.20. The molecule has 1 atom stereocenters. The molecule has 3 N–H and O–H groups in total. The van der Waals surface area contributed by atoms with E-state index in [1.807, 2.05) is 24.3 Å². The van der Waals surface area contributed by atoms with E-state index in [0.717, 1.165) is 48.1 Å². The molecule has 0 bridgehead atoms. The summed E-state index contributed by atoms with van der Waals surface area (Å²) >= 11 is 0. The molecule has 2 heterocycles. The third-order valence-corrected chi connectivity index (χ3v) is 4.69. The van der Waals surface area contributed by atoms with Gasteiger partial charge in [0, 0.05) is 11.3 Å². The zero-order valence-corrected chi connectivity index (χ0v) is 12.0. The molecule has 0 unspecified atom stereocenters. The SMILES string of the molecule is N#CC1=C(N)O[C@]2(C(=O)Nc3ccccc32)C2=C1CCCC2. The number of carbonyl (C=O) groups excluding carboxylic acids is 1. The topological polar surface area (TPSA) is 88.1 Å². The van der Waals surface area contributed by atoms with Gasteiger partial charge in [-0.2, -0.15) is 5.26 Å². The van der Waals surface area contributed by atoms with Crippen LogP contribution in [0.25, 0.3) is 0 Å². The minimum Gasteiger partial charge on any atom is -0.452 e.